The van der Waals surface area contributed by atoms with Gasteiger partial charge in [0.1, 0.15) is 11.5 Å². The van der Waals surface area contributed by atoms with Gasteiger partial charge in [0.15, 0.2) is 0 Å². The van der Waals surface area contributed by atoms with E-state index in [0.717, 1.165) is 11.3 Å². The molecule has 1 aliphatic rings. The molecule has 1 fully saturated rings. The van der Waals surface area contributed by atoms with Gasteiger partial charge >= 0.3 is 0 Å². The number of nitrogens with zero attached hydrogens (tertiary/aromatic N) is 2. The molecule has 0 saturated carbocycles. The summed E-state index contributed by atoms with van der Waals surface area (Å²) in [6.07, 6.45) is 1.59. The molecular weight excluding hydrogens is 346 g/mol. The van der Waals surface area contributed by atoms with Crippen molar-refractivity contribution in [3.8, 4) is 5.75 Å². The van der Waals surface area contributed by atoms with Crippen molar-refractivity contribution in [1.82, 2.24) is 10.1 Å². The van der Waals surface area contributed by atoms with Gasteiger partial charge in [-0.2, -0.15) is 0 Å². The van der Waals surface area contributed by atoms with E-state index in [4.69, 9.17) is 9.26 Å². The minimum atomic E-state index is -0.113. The van der Waals surface area contributed by atoms with Crippen LogP contribution in [0.25, 0.3) is 0 Å². The van der Waals surface area contributed by atoms with Crippen molar-refractivity contribution in [2.45, 2.75) is 33.1 Å². The number of rotatable bonds is 5. The zero-order valence-electron chi connectivity index (χ0n) is 15.9. The Morgan fingerprint density at radius 3 is 2.59 bits per heavy atom. The molecule has 3 rings (SSSR count). The summed E-state index contributed by atoms with van der Waals surface area (Å²) in [6, 6.07) is 7.34. The van der Waals surface area contributed by atoms with Crippen LogP contribution >= 0.6 is 0 Å². The SMILES string of the molecule is COc1ccccc1NC(=O)C1CCN(C(=O)Cc2c(C)noc2C)CC1. The fourth-order valence-corrected chi connectivity index (χ4v) is 3.39. The van der Waals surface area contributed by atoms with Gasteiger partial charge in [-0.05, 0) is 38.8 Å². The number of ether oxygens (including phenoxy) is 1. The molecule has 0 bridgehead atoms. The molecule has 27 heavy (non-hydrogen) atoms. The summed E-state index contributed by atoms with van der Waals surface area (Å²) >= 11 is 0. The van der Waals surface area contributed by atoms with Gasteiger partial charge in [0.2, 0.25) is 11.8 Å². The van der Waals surface area contributed by atoms with Crippen molar-refractivity contribution in [3.63, 3.8) is 0 Å². The monoisotopic (exact) mass is 371 g/mol. The van der Waals surface area contributed by atoms with E-state index in [1.165, 1.54) is 0 Å². The van der Waals surface area contributed by atoms with Gasteiger partial charge in [-0.1, -0.05) is 17.3 Å². The molecule has 1 saturated heterocycles. The Bertz CT molecular complexity index is 803. The minimum Gasteiger partial charge on any atom is -0.495 e. The quantitative estimate of drug-likeness (QED) is 0.874. The summed E-state index contributed by atoms with van der Waals surface area (Å²) in [4.78, 5) is 26.9. The maximum atomic E-state index is 12.6. The number of para-hydroxylation sites is 2. The van der Waals surface area contributed by atoms with Gasteiger partial charge in [0.25, 0.3) is 0 Å². The number of piperidine rings is 1. The van der Waals surface area contributed by atoms with E-state index in [2.05, 4.69) is 10.5 Å². The highest BCUT2D eigenvalue weighted by molar-refractivity contribution is 5.94. The average Bonchev–Trinajstić information content (AvgIpc) is 3.00. The lowest BCUT2D eigenvalue weighted by molar-refractivity contribution is -0.133. The molecule has 1 N–H and O–H groups in total. The molecule has 0 radical (unpaired) electrons. The lowest BCUT2D eigenvalue weighted by Gasteiger charge is -2.31. The number of carbonyl (C=O) groups excluding carboxylic acids is 2. The van der Waals surface area contributed by atoms with Gasteiger partial charge in [0, 0.05) is 24.6 Å². The number of methoxy groups -OCH3 is 1. The van der Waals surface area contributed by atoms with Crippen molar-refractivity contribution in [1.29, 1.82) is 0 Å². The molecule has 0 atom stereocenters. The molecule has 0 aliphatic carbocycles. The normalized spacial score (nSPS) is 14.9. The van der Waals surface area contributed by atoms with Gasteiger partial charge in [-0.15, -0.1) is 0 Å². The van der Waals surface area contributed by atoms with Crippen molar-refractivity contribution < 1.29 is 18.8 Å². The summed E-state index contributed by atoms with van der Waals surface area (Å²) < 4.78 is 10.4. The Morgan fingerprint density at radius 1 is 1.26 bits per heavy atom. The molecule has 1 aromatic heterocycles. The topological polar surface area (TPSA) is 84.7 Å². The number of hydrogen-bond acceptors (Lipinski definition) is 5. The van der Waals surface area contributed by atoms with E-state index in [9.17, 15) is 9.59 Å². The molecule has 144 valence electrons. The number of aryl methyl sites for hydroxylation is 2. The maximum absolute atomic E-state index is 12.6. The van der Waals surface area contributed by atoms with Crippen LogP contribution in [0.2, 0.25) is 0 Å². The first-order valence-electron chi connectivity index (χ1n) is 9.13. The summed E-state index contributed by atoms with van der Waals surface area (Å²) in [5.74, 6) is 1.23. The second kappa shape index (κ2) is 8.24. The lowest BCUT2D eigenvalue weighted by Crippen LogP contribution is -2.42. The van der Waals surface area contributed by atoms with Crippen molar-refractivity contribution in [3.05, 3.63) is 41.3 Å². The van der Waals surface area contributed by atoms with Gasteiger partial charge in [0.05, 0.1) is 24.9 Å². The van der Waals surface area contributed by atoms with E-state index in [-0.39, 0.29) is 17.7 Å². The fourth-order valence-electron chi connectivity index (χ4n) is 3.39. The van der Waals surface area contributed by atoms with Gasteiger partial charge in [-0.3, -0.25) is 9.59 Å². The summed E-state index contributed by atoms with van der Waals surface area (Å²) in [5.41, 5.74) is 2.28. The van der Waals surface area contributed by atoms with Crippen LogP contribution in [0.4, 0.5) is 5.69 Å². The maximum Gasteiger partial charge on any atom is 0.227 e. The molecule has 1 aliphatic heterocycles. The first-order chi connectivity index (χ1) is 13.0. The molecule has 7 heteroatoms. The third kappa shape index (κ3) is 4.30. The van der Waals surface area contributed by atoms with E-state index in [0.29, 0.717) is 49.5 Å². The van der Waals surface area contributed by atoms with Crippen LogP contribution in [-0.2, 0) is 16.0 Å². The van der Waals surface area contributed by atoms with Crippen LogP contribution < -0.4 is 10.1 Å². The third-order valence-corrected chi connectivity index (χ3v) is 5.09. The number of benzene rings is 1. The van der Waals surface area contributed by atoms with Crippen molar-refractivity contribution in [2.75, 3.05) is 25.5 Å². The molecule has 2 amide bonds. The Kier molecular flexibility index (Phi) is 5.78. The van der Waals surface area contributed by atoms with E-state index in [1.807, 2.05) is 43.0 Å². The smallest absolute Gasteiger partial charge is 0.227 e. The van der Waals surface area contributed by atoms with Crippen molar-refractivity contribution in [2.24, 2.45) is 5.92 Å². The second-order valence-electron chi connectivity index (χ2n) is 6.82. The molecule has 0 spiro atoms. The Labute approximate surface area is 158 Å². The average molecular weight is 371 g/mol. The number of nitrogens with one attached hydrogen (secondary N) is 1. The number of likely N-dealkylation sites (tertiary alicyclic amines) is 1. The molecule has 1 aromatic carbocycles. The Balaban J connectivity index is 1.54. The Hall–Kier alpha value is -2.83. The second-order valence-corrected chi connectivity index (χ2v) is 6.82. The van der Waals surface area contributed by atoms with E-state index < -0.39 is 0 Å². The highest BCUT2D eigenvalue weighted by Gasteiger charge is 2.28. The summed E-state index contributed by atoms with van der Waals surface area (Å²) in [7, 11) is 1.58. The first kappa shape index (κ1) is 18.9. The third-order valence-electron chi connectivity index (χ3n) is 5.09. The van der Waals surface area contributed by atoms with Gasteiger partial charge < -0.3 is 19.5 Å². The molecule has 2 aromatic rings. The van der Waals surface area contributed by atoms with Crippen LogP contribution in [0, 0.1) is 19.8 Å². The standard InChI is InChI=1S/C20H25N3O4/c1-13-16(14(2)27-22-13)12-19(24)23-10-8-15(9-11-23)20(25)21-17-6-4-5-7-18(17)26-3/h4-7,15H,8-12H2,1-3H3,(H,21,25). The number of aromatic nitrogens is 1. The number of hydrogen-bond donors (Lipinski definition) is 1. The van der Waals surface area contributed by atoms with E-state index in [1.54, 1.807) is 7.11 Å². The molecule has 0 unspecified atom stereocenters. The predicted octanol–water partition coefficient (Wildman–Crippen LogP) is 2.72. The van der Waals surface area contributed by atoms with Crippen LogP contribution in [0.5, 0.6) is 5.75 Å². The molecule has 7 nitrogen and oxygen atoms in total. The molecular formula is C20H25N3O4. The molecule has 2 heterocycles. The summed E-state index contributed by atoms with van der Waals surface area (Å²) in [6.45, 7) is 4.81. The van der Waals surface area contributed by atoms with Gasteiger partial charge in [-0.25, -0.2) is 0 Å². The number of carbonyl (C=O) groups is 2. The van der Waals surface area contributed by atoms with Crippen LogP contribution in [0.3, 0.4) is 0 Å². The van der Waals surface area contributed by atoms with Crippen molar-refractivity contribution >= 4 is 17.5 Å². The zero-order chi connectivity index (χ0) is 19.4. The highest BCUT2D eigenvalue weighted by atomic mass is 16.5. The minimum absolute atomic E-state index is 0.0303. The number of amides is 2. The highest BCUT2D eigenvalue weighted by Crippen LogP contribution is 2.26. The zero-order valence-corrected chi connectivity index (χ0v) is 15.9. The lowest BCUT2D eigenvalue weighted by atomic mass is 9.95. The fraction of sp³-hybridized carbons (Fsp3) is 0.450. The number of anilines is 1. The van der Waals surface area contributed by atoms with Crippen LogP contribution in [-0.4, -0.2) is 42.1 Å². The predicted molar refractivity (Wildman–Crippen MR) is 101 cm³/mol. The van der Waals surface area contributed by atoms with Crippen LogP contribution in [0.1, 0.15) is 29.9 Å². The largest absolute Gasteiger partial charge is 0.495 e. The first-order valence-corrected chi connectivity index (χ1v) is 9.13. The van der Waals surface area contributed by atoms with Crippen LogP contribution in [0.15, 0.2) is 28.8 Å². The summed E-state index contributed by atoms with van der Waals surface area (Å²) in [5, 5.41) is 6.83. The van der Waals surface area contributed by atoms with E-state index >= 15 is 0 Å². The Morgan fingerprint density at radius 2 is 1.96 bits per heavy atom.